The van der Waals surface area contributed by atoms with Crippen LogP contribution in [0.4, 0.5) is 11.4 Å². The molecule has 9 heteroatoms. The maximum Gasteiger partial charge on any atom is 0.273 e. The van der Waals surface area contributed by atoms with E-state index in [2.05, 4.69) is 10.5 Å². The molecule has 3 aromatic rings. The van der Waals surface area contributed by atoms with Gasteiger partial charge in [0.25, 0.3) is 11.6 Å². The summed E-state index contributed by atoms with van der Waals surface area (Å²) in [7, 11) is 1.42. The summed E-state index contributed by atoms with van der Waals surface area (Å²) in [4.78, 5) is 22.4. The summed E-state index contributed by atoms with van der Waals surface area (Å²) < 4.78 is 10.9. The van der Waals surface area contributed by atoms with Crippen molar-refractivity contribution >= 4 is 23.5 Å². The molecule has 0 saturated heterocycles. The highest BCUT2D eigenvalue weighted by atomic mass is 16.6. The summed E-state index contributed by atoms with van der Waals surface area (Å²) in [5.74, 6) is 0.668. The molecule has 0 bridgehead atoms. The second kappa shape index (κ2) is 8.04. The van der Waals surface area contributed by atoms with Crippen LogP contribution in [0.25, 0.3) is 11.3 Å². The third-order valence-corrected chi connectivity index (χ3v) is 3.85. The highest BCUT2D eigenvalue weighted by Crippen LogP contribution is 2.34. The molecule has 3 N–H and O–H groups in total. The molecule has 0 atom stereocenters. The molecule has 0 spiro atoms. The zero-order valence-corrected chi connectivity index (χ0v) is 14.8. The number of amides is 1. The number of non-ortho nitro benzene ring substituents is 1. The molecule has 0 fully saturated rings. The number of anilines is 1. The summed E-state index contributed by atoms with van der Waals surface area (Å²) in [5, 5.41) is 14.7. The van der Waals surface area contributed by atoms with Gasteiger partial charge in [-0.25, -0.2) is 5.43 Å². The minimum absolute atomic E-state index is 0.0863. The minimum atomic E-state index is -0.505. The molecule has 1 amide bonds. The second-order valence-electron chi connectivity index (χ2n) is 5.63. The number of nitrogens with one attached hydrogen (secondary N) is 1. The first kappa shape index (κ1) is 18.6. The van der Waals surface area contributed by atoms with Gasteiger partial charge in [0, 0.05) is 11.8 Å². The van der Waals surface area contributed by atoms with Crippen LogP contribution in [0, 0.1) is 10.1 Å². The molecule has 9 nitrogen and oxygen atoms in total. The molecule has 0 aliphatic carbocycles. The fraction of sp³-hybridized carbons (Fsp3) is 0.0526. The Morgan fingerprint density at radius 2 is 2.04 bits per heavy atom. The molecular formula is C19H16N4O5. The third-order valence-electron chi connectivity index (χ3n) is 3.85. The number of nitrogens with two attached hydrogens (primary N) is 1. The Balaban J connectivity index is 1.74. The predicted octanol–water partition coefficient (Wildman–Crippen LogP) is 3.21. The molecule has 0 aliphatic heterocycles. The monoisotopic (exact) mass is 380 g/mol. The standard InChI is InChI=1S/C19H16N4O5/c1-27-18-10-12(23(25)26)6-8-15(18)17-9-7-13(28-17)11-21-22-19(24)14-4-2-3-5-16(14)20/h2-11H,20H2,1H3,(H,22,24)/b21-11+. The van der Waals surface area contributed by atoms with E-state index in [9.17, 15) is 14.9 Å². The molecule has 142 valence electrons. The predicted molar refractivity (Wildman–Crippen MR) is 103 cm³/mol. The van der Waals surface area contributed by atoms with Gasteiger partial charge in [0.05, 0.1) is 35.4 Å². The van der Waals surface area contributed by atoms with Gasteiger partial charge in [0.1, 0.15) is 17.3 Å². The molecule has 1 heterocycles. The van der Waals surface area contributed by atoms with Crippen LogP contribution in [0.15, 0.2) is 64.1 Å². The largest absolute Gasteiger partial charge is 0.496 e. The van der Waals surface area contributed by atoms with E-state index in [0.29, 0.717) is 34.1 Å². The Kier molecular flexibility index (Phi) is 5.35. The van der Waals surface area contributed by atoms with Gasteiger partial charge in [-0.15, -0.1) is 0 Å². The van der Waals surface area contributed by atoms with Gasteiger partial charge in [-0.3, -0.25) is 14.9 Å². The lowest BCUT2D eigenvalue weighted by molar-refractivity contribution is -0.384. The molecule has 0 aliphatic rings. The quantitative estimate of drug-likeness (QED) is 0.292. The number of carbonyl (C=O) groups excluding carboxylic acids is 1. The van der Waals surface area contributed by atoms with Crippen molar-refractivity contribution < 1.29 is 18.9 Å². The van der Waals surface area contributed by atoms with Gasteiger partial charge in [-0.05, 0) is 30.3 Å². The van der Waals surface area contributed by atoms with Gasteiger partial charge < -0.3 is 14.9 Å². The van der Waals surface area contributed by atoms with E-state index < -0.39 is 10.8 Å². The van der Waals surface area contributed by atoms with Crippen molar-refractivity contribution in [2.75, 3.05) is 12.8 Å². The topological polar surface area (TPSA) is 133 Å². The minimum Gasteiger partial charge on any atom is -0.496 e. The number of nitrogens with zero attached hydrogens (tertiary/aromatic N) is 2. The number of rotatable bonds is 6. The van der Waals surface area contributed by atoms with E-state index >= 15 is 0 Å². The smallest absolute Gasteiger partial charge is 0.273 e. The van der Waals surface area contributed by atoms with Crippen LogP contribution >= 0.6 is 0 Å². The Bertz CT molecular complexity index is 1060. The number of furan rings is 1. The molecule has 0 unspecified atom stereocenters. The lowest BCUT2D eigenvalue weighted by Gasteiger charge is -2.05. The zero-order chi connectivity index (χ0) is 20.1. The fourth-order valence-electron chi connectivity index (χ4n) is 2.48. The Hall–Kier alpha value is -4.14. The van der Waals surface area contributed by atoms with Crippen molar-refractivity contribution in [3.63, 3.8) is 0 Å². The highest BCUT2D eigenvalue weighted by molar-refractivity contribution is 5.99. The highest BCUT2D eigenvalue weighted by Gasteiger charge is 2.15. The van der Waals surface area contributed by atoms with Crippen molar-refractivity contribution in [3.05, 3.63) is 76.0 Å². The SMILES string of the molecule is COc1cc([N+](=O)[O-])ccc1-c1ccc(/C=N/NC(=O)c2ccccc2N)o1. The van der Waals surface area contributed by atoms with E-state index in [1.54, 1.807) is 36.4 Å². The first-order valence-electron chi connectivity index (χ1n) is 8.10. The van der Waals surface area contributed by atoms with Gasteiger partial charge in [0.2, 0.25) is 0 Å². The van der Waals surface area contributed by atoms with Gasteiger partial charge in [0.15, 0.2) is 0 Å². The molecule has 0 saturated carbocycles. The number of ether oxygens (including phenoxy) is 1. The van der Waals surface area contributed by atoms with E-state index in [4.69, 9.17) is 14.9 Å². The average Bonchev–Trinajstić information content (AvgIpc) is 3.16. The van der Waals surface area contributed by atoms with E-state index in [-0.39, 0.29) is 5.69 Å². The Morgan fingerprint density at radius 1 is 1.25 bits per heavy atom. The van der Waals surface area contributed by atoms with Crippen LogP contribution in [-0.4, -0.2) is 24.2 Å². The molecule has 1 aromatic heterocycles. The number of nitro benzene ring substituents is 1. The Labute approximate surface area is 159 Å². The molecule has 0 radical (unpaired) electrons. The van der Waals surface area contributed by atoms with Crippen LogP contribution in [0.2, 0.25) is 0 Å². The maximum atomic E-state index is 12.0. The van der Waals surface area contributed by atoms with Crippen molar-refractivity contribution in [2.24, 2.45) is 5.10 Å². The zero-order valence-electron chi connectivity index (χ0n) is 14.8. The van der Waals surface area contributed by atoms with Crippen LogP contribution in [0.1, 0.15) is 16.1 Å². The lowest BCUT2D eigenvalue weighted by atomic mass is 10.1. The number of nitrogen functional groups attached to an aromatic ring is 1. The molecule has 2 aromatic carbocycles. The molecule has 28 heavy (non-hydrogen) atoms. The fourth-order valence-corrected chi connectivity index (χ4v) is 2.48. The number of nitro groups is 1. The van der Waals surface area contributed by atoms with Gasteiger partial charge in [-0.1, -0.05) is 12.1 Å². The number of benzene rings is 2. The van der Waals surface area contributed by atoms with Crippen molar-refractivity contribution in [3.8, 4) is 17.1 Å². The first-order valence-corrected chi connectivity index (χ1v) is 8.10. The van der Waals surface area contributed by atoms with Crippen LogP contribution < -0.4 is 15.9 Å². The summed E-state index contributed by atoms with van der Waals surface area (Å²) in [6.45, 7) is 0. The second-order valence-corrected chi connectivity index (χ2v) is 5.63. The van der Waals surface area contributed by atoms with Crippen molar-refractivity contribution in [2.45, 2.75) is 0 Å². The third kappa shape index (κ3) is 3.98. The van der Waals surface area contributed by atoms with Crippen molar-refractivity contribution in [1.29, 1.82) is 0 Å². The normalized spacial score (nSPS) is 10.8. The summed E-state index contributed by atoms with van der Waals surface area (Å²) in [6, 6.07) is 14.2. The number of hydrazone groups is 1. The average molecular weight is 380 g/mol. The van der Waals surface area contributed by atoms with Crippen molar-refractivity contribution in [1.82, 2.24) is 5.43 Å². The summed E-state index contributed by atoms with van der Waals surface area (Å²) in [5.41, 5.74) is 9.24. The van der Waals surface area contributed by atoms with Gasteiger partial charge >= 0.3 is 0 Å². The van der Waals surface area contributed by atoms with Crippen LogP contribution in [0.3, 0.4) is 0 Å². The lowest BCUT2D eigenvalue weighted by Crippen LogP contribution is -2.18. The summed E-state index contributed by atoms with van der Waals surface area (Å²) >= 11 is 0. The first-order chi connectivity index (χ1) is 13.5. The molecule has 3 rings (SSSR count). The number of hydrogen-bond acceptors (Lipinski definition) is 7. The number of methoxy groups -OCH3 is 1. The van der Waals surface area contributed by atoms with Gasteiger partial charge in [-0.2, -0.15) is 5.10 Å². The number of hydrogen-bond donors (Lipinski definition) is 2. The Morgan fingerprint density at radius 3 is 2.75 bits per heavy atom. The van der Waals surface area contributed by atoms with Crippen LogP contribution in [0.5, 0.6) is 5.75 Å². The van der Waals surface area contributed by atoms with E-state index in [1.165, 1.54) is 31.5 Å². The number of para-hydroxylation sites is 1. The summed E-state index contributed by atoms with van der Waals surface area (Å²) in [6.07, 6.45) is 1.33. The van der Waals surface area contributed by atoms with E-state index in [1.807, 2.05) is 0 Å². The maximum absolute atomic E-state index is 12.0. The van der Waals surface area contributed by atoms with Crippen LogP contribution in [-0.2, 0) is 0 Å². The molecular weight excluding hydrogens is 364 g/mol. The number of carbonyl (C=O) groups is 1. The van der Waals surface area contributed by atoms with E-state index in [0.717, 1.165) is 0 Å².